The van der Waals surface area contributed by atoms with E-state index in [1.807, 2.05) is 38.1 Å². The summed E-state index contributed by atoms with van der Waals surface area (Å²) in [5.74, 6) is 1.57. The molecule has 3 rings (SSSR count). The molecule has 1 fully saturated rings. The molecule has 0 saturated heterocycles. The smallest absolute Gasteiger partial charge is 0.136 e. The lowest BCUT2D eigenvalue weighted by molar-refractivity contribution is 0.303. The van der Waals surface area contributed by atoms with Crippen LogP contribution >= 0.6 is 11.6 Å². The first-order valence-corrected chi connectivity index (χ1v) is 6.79. The van der Waals surface area contributed by atoms with Crippen LogP contribution in [0.15, 0.2) is 24.3 Å². The van der Waals surface area contributed by atoms with Gasteiger partial charge in [0.1, 0.15) is 16.7 Å². The van der Waals surface area contributed by atoms with Crippen molar-refractivity contribution < 1.29 is 4.74 Å². The topological polar surface area (TPSA) is 35.0 Å². The van der Waals surface area contributed by atoms with Crippen molar-refractivity contribution in [1.29, 1.82) is 0 Å². The molecular formula is C15H15ClN2O. The van der Waals surface area contributed by atoms with Gasteiger partial charge in [0.15, 0.2) is 0 Å². The van der Waals surface area contributed by atoms with Gasteiger partial charge in [-0.2, -0.15) is 0 Å². The molecule has 1 saturated carbocycles. The zero-order chi connectivity index (χ0) is 13.4. The molecule has 0 amide bonds. The monoisotopic (exact) mass is 274 g/mol. The van der Waals surface area contributed by atoms with Crippen LogP contribution in [0.3, 0.4) is 0 Å². The number of aromatic nitrogens is 2. The van der Waals surface area contributed by atoms with E-state index < -0.39 is 0 Å². The molecule has 0 unspecified atom stereocenters. The van der Waals surface area contributed by atoms with Crippen LogP contribution in [0.4, 0.5) is 0 Å². The highest BCUT2D eigenvalue weighted by molar-refractivity contribution is 6.30. The van der Waals surface area contributed by atoms with E-state index in [9.17, 15) is 0 Å². The number of aryl methyl sites for hydroxylation is 1. The maximum absolute atomic E-state index is 6.12. The quantitative estimate of drug-likeness (QED) is 0.795. The molecule has 4 heteroatoms. The molecule has 1 heterocycles. The van der Waals surface area contributed by atoms with Gasteiger partial charge in [-0.1, -0.05) is 23.7 Å². The number of halogens is 1. The van der Waals surface area contributed by atoms with Crippen LogP contribution < -0.4 is 4.74 Å². The molecule has 0 spiro atoms. The highest BCUT2D eigenvalue weighted by Gasteiger charge is 2.23. The predicted molar refractivity (Wildman–Crippen MR) is 75.6 cm³/mol. The minimum absolute atomic E-state index is 0.395. The summed E-state index contributed by atoms with van der Waals surface area (Å²) in [6, 6.07) is 8.00. The van der Waals surface area contributed by atoms with Gasteiger partial charge < -0.3 is 4.74 Å². The molecule has 0 atom stereocenters. The standard InChI is InChI=1S/C15H15ClN2O/c1-9-14(17-10(2)18-15(9)16)11-4-3-5-13(8-11)19-12-6-7-12/h3-5,8,12H,6-7H2,1-2H3. The van der Waals surface area contributed by atoms with E-state index in [-0.39, 0.29) is 0 Å². The van der Waals surface area contributed by atoms with E-state index in [2.05, 4.69) is 9.97 Å². The Balaban J connectivity index is 2.01. The van der Waals surface area contributed by atoms with Crippen molar-refractivity contribution in [3.8, 4) is 17.0 Å². The van der Waals surface area contributed by atoms with Gasteiger partial charge in [0.2, 0.25) is 0 Å². The lowest BCUT2D eigenvalue weighted by atomic mass is 10.1. The third kappa shape index (κ3) is 2.71. The first kappa shape index (κ1) is 12.4. The molecule has 0 bridgehead atoms. The van der Waals surface area contributed by atoms with E-state index in [0.29, 0.717) is 17.1 Å². The second-order valence-electron chi connectivity index (χ2n) is 4.88. The number of hydrogen-bond acceptors (Lipinski definition) is 3. The van der Waals surface area contributed by atoms with Gasteiger partial charge in [0.25, 0.3) is 0 Å². The second-order valence-corrected chi connectivity index (χ2v) is 5.24. The Kier molecular flexibility index (Phi) is 3.15. The van der Waals surface area contributed by atoms with Crippen molar-refractivity contribution in [3.05, 3.63) is 40.8 Å². The number of benzene rings is 1. The second kappa shape index (κ2) is 4.82. The summed E-state index contributed by atoms with van der Waals surface area (Å²) in [5.41, 5.74) is 2.79. The summed E-state index contributed by atoms with van der Waals surface area (Å²) in [6.45, 7) is 3.78. The van der Waals surface area contributed by atoms with Crippen molar-refractivity contribution in [1.82, 2.24) is 9.97 Å². The van der Waals surface area contributed by atoms with Gasteiger partial charge in [-0.15, -0.1) is 0 Å². The van der Waals surface area contributed by atoms with Gasteiger partial charge in [0.05, 0.1) is 11.8 Å². The van der Waals surface area contributed by atoms with E-state index >= 15 is 0 Å². The Morgan fingerprint density at radius 3 is 2.74 bits per heavy atom. The molecule has 1 aromatic heterocycles. The van der Waals surface area contributed by atoms with Gasteiger partial charge >= 0.3 is 0 Å². The highest BCUT2D eigenvalue weighted by atomic mass is 35.5. The fourth-order valence-electron chi connectivity index (χ4n) is 1.97. The van der Waals surface area contributed by atoms with Gasteiger partial charge in [0, 0.05) is 11.1 Å². The number of rotatable bonds is 3. The highest BCUT2D eigenvalue weighted by Crippen LogP contribution is 2.31. The summed E-state index contributed by atoms with van der Waals surface area (Å²) in [7, 11) is 0. The maximum Gasteiger partial charge on any atom is 0.136 e. The molecule has 0 N–H and O–H groups in total. The first-order valence-electron chi connectivity index (χ1n) is 6.41. The van der Waals surface area contributed by atoms with Crippen molar-refractivity contribution in [3.63, 3.8) is 0 Å². The lowest BCUT2D eigenvalue weighted by Gasteiger charge is -2.10. The third-order valence-electron chi connectivity index (χ3n) is 3.13. The minimum Gasteiger partial charge on any atom is -0.490 e. The van der Waals surface area contributed by atoms with Gasteiger partial charge in [-0.25, -0.2) is 9.97 Å². The summed E-state index contributed by atoms with van der Waals surface area (Å²) in [4.78, 5) is 8.65. The van der Waals surface area contributed by atoms with Crippen molar-refractivity contribution in [2.45, 2.75) is 32.8 Å². The molecule has 1 aliphatic rings. The largest absolute Gasteiger partial charge is 0.490 e. The van der Waals surface area contributed by atoms with E-state index in [0.717, 1.165) is 35.4 Å². The predicted octanol–water partition coefficient (Wildman–Crippen LogP) is 3.96. The minimum atomic E-state index is 0.395. The van der Waals surface area contributed by atoms with Crippen LogP contribution in [-0.2, 0) is 0 Å². The van der Waals surface area contributed by atoms with Crippen LogP contribution in [0, 0.1) is 13.8 Å². The number of ether oxygens (including phenoxy) is 1. The molecule has 98 valence electrons. The molecular weight excluding hydrogens is 260 g/mol. The third-order valence-corrected chi connectivity index (χ3v) is 3.50. The van der Waals surface area contributed by atoms with E-state index in [4.69, 9.17) is 16.3 Å². The fourth-order valence-corrected chi connectivity index (χ4v) is 2.18. The molecule has 3 nitrogen and oxygen atoms in total. The van der Waals surface area contributed by atoms with Crippen molar-refractivity contribution in [2.75, 3.05) is 0 Å². The zero-order valence-electron chi connectivity index (χ0n) is 11.0. The number of nitrogens with zero attached hydrogens (tertiary/aromatic N) is 2. The summed E-state index contributed by atoms with van der Waals surface area (Å²) >= 11 is 6.12. The normalized spacial score (nSPS) is 14.5. The molecule has 19 heavy (non-hydrogen) atoms. The Bertz CT molecular complexity index is 624. The van der Waals surface area contributed by atoms with Crippen LogP contribution in [0.2, 0.25) is 5.15 Å². The van der Waals surface area contributed by atoms with Gasteiger partial charge in [-0.3, -0.25) is 0 Å². The SMILES string of the molecule is Cc1nc(Cl)c(C)c(-c2cccc(OC3CC3)c2)n1. The average molecular weight is 275 g/mol. The van der Waals surface area contributed by atoms with E-state index in [1.165, 1.54) is 0 Å². The van der Waals surface area contributed by atoms with Crippen molar-refractivity contribution >= 4 is 11.6 Å². The zero-order valence-corrected chi connectivity index (χ0v) is 11.7. The molecule has 0 radical (unpaired) electrons. The van der Waals surface area contributed by atoms with Crippen LogP contribution in [-0.4, -0.2) is 16.1 Å². The van der Waals surface area contributed by atoms with Gasteiger partial charge in [-0.05, 0) is 38.8 Å². The molecule has 2 aromatic rings. The Labute approximate surface area is 117 Å². The van der Waals surface area contributed by atoms with Crippen molar-refractivity contribution in [2.24, 2.45) is 0 Å². The summed E-state index contributed by atoms with van der Waals surface area (Å²) < 4.78 is 5.81. The summed E-state index contributed by atoms with van der Waals surface area (Å²) in [6.07, 6.45) is 2.70. The fraction of sp³-hybridized carbons (Fsp3) is 0.333. The molecule has 1 aliphatic carbocycles. The Morgan fingerprint density at radius 1 is 1.21 bits per heavy atom. The Morgan fingerprint density at radius 2 is 2.00 bits per heavy atom. The molecule has 1 aromatic carbocycles. The Hall–Kier alpha value is -1.61. The van der Waals surface area contributed by atoms with E-state index in [1.54, 1.807) is 0 Å². The van der Waals surface area contributed by atoms with Crippen LogP contribution in [0.1, 0.15) is 24.2 Å². The first-order chi connectivity index (χ1) is 9.13. The lowest BCUT2D eigenvalue weighted by Crippen LogP contribution is -1.98. The van der Waals surface area contributed by atoms with Crippen LogP contribution in [0.5, 0.6) is 5.75 Å². The molecule has 0 aliphatic heterocycles. The number of hydrogen-bond donors (Lipinski definition) is 0. The average Bonchev–Trinajstić information content (AvgIpc) is 3.18. The maximum atomic E-state index is 6.12. The summed E-state index contributed by atoms with van der Waals surface area (Å²) in [5, 5.41) is 0.510. The van der Waals surface area contributed by atoms with Crippen LogP contribution in [0.25, 0.3) is 11.3 Å².